The van der Waals surface area contributed by atoms with Crippen LogP contribution in [-0.4, -0.2) is 12.6 Å². The predicted octanol–water partition coefficient (Wildman–Crippen LogP) is 4.10. The van der Waals surface area contributed by atoms with Crippen LogP contribution in [0.5, 0.6) is 0 Å². The van der Waals surface area contributed by atoms with E-state index in [9.17, 15) is 0 Å². The maximum Gasteiger partial charge on any atom is 0.00418 e. The van der Waals surface area contributed by atoms with Gasteiger partial charge in [-0.15, -0.1) is 0 Å². The highest BCUT2D eigenvalue weighted by atomic mass is 14.9. The van der Waals surface area contributed by atoms with Crippen molar-refractivity contribution in [1.82, 2.24) is 5.32 Å². The minimum absolute atomic E-state index is 0.632. The summed E-state index contributed by atoms with van der Waals surface area (Å²) in [6.07, 6.45) is 6.38. The van der Waals surface area contributed by atoms with Crippen molar-refractivity contribution in [1.29, 1.82) is 0 Å². The fourth-order valence-electron chi connectivity index (χ4n) is 2.08. The fraction of sp³-hybridized carbons (Fsp3) is 0.625. The lowest BCUT2D eigenvalue weighted by Gasteiger charge is -2.13. The summed E-state index contributed by atoms with van der Waals surface area (Å²) in [5.74, 6) is 0. The standard InChI is InChI=1S/C16H27N/c1-4-5-6-12-17-15(3)10-11-16-9-7-8-14(2)13-16/h7-9,13,15,17H,4-6,10-12H2,1-3H3. The summed E-state index contributed by atoms with van der Waals surface area (Å²) in [6, 6.07) is 9.48. The van der Waals surface area contributed by atoms with E-state index >= 15 is 0 Å². The van der Waals surface area contributed by atoms with Crippen molar-refractivity contribution in [2.75, 3.05) is 6.54 Å². The quantitative estimate of drug-likeness (QED) is 0.667. The van der Waals surface area contributed by atoms with Gasteiger partial charge in [-0.2, -0.15) is 0 Å². The Morgan fingerprint density at radius 1 is 1.24 bits per heavy atom. The van der Waals surface area contributed by atoms with Crippen LogP contribution in [0.15, 0.2) is 24.3 Å². The molecule has 1 rings (SSSR count). The first-order valence-corrected chi connectivity index (χ1v) is 7.01. The lowest BCUT2D eigenvalue weighted by Crippen LogP contribution is -2.27. The first kappa shape index (κ1) is 14.2. The molecule has 0 fully saturated rings. The van der Waals surface area contributed by atoms with Gasteiger partial charge in [0.05, 0.1) is 0 Å². The first-order valence-electron chi connectivity index (χ1n) is 7.01. The second-order valence-corrected chi connectivity index (χ2v) is 5.09. The second-order valence-electron chi connectivity index (χ2n) is 5.09. The van der Waals surface area contributed by atoms with E-state index < -0.39 is 0 Å². The molecule has 1 atom stereocenters. The molecular weight excluding hydrogens is 206 g/mol. The molecule has 0 aliphatic rings. The molecule has 96 valence electrons. The summed E-state index contributed by atoms with van der Waals surface area (Å²) in [4.78, 5) is 0. The Balaban J connectivity index is 2.17. The molecule has 1 N–H and O–H groups in total. The minimum atomic E-state index is 0.632. The third kappa shape index (κ3) is 6.48. The van der Waals surface area contributed by atoms with Crippen LogP contribution in [0.4, 0.5) is 0 Å². The molecule has 1 aromatic rings. The smallest absolute Gasteiger partial charge is 0.00418 e. The van der Waals surface area contributed by atoms with Crippen molar-refractivity contribution >= 4 is 0 Å². The van der Waals surface area contributed by atoms with E-state index in [1.807, 2.05) is 0 Å². The van der Waals surface area contributed by atoms with E-state index in [4.69, 9.17) is 0 Å². The highest BCUT2D eigenvalue weighted by Gasteiger charge is 2.01. The summed E-state index contributed by atoms with van der Waals surface area (Å²) in [7, 11) is 0. The van der Waals surface area contributed by atoms with Crippen LogP contribution in [0.25, 0.3) is 0 Å². The molecule has 0 spiro atoms. The molecule has 0 aromatic heterocycles. The van der Waals surface area contributed by atoms with E-state index in [-0.39, 0.29) is 0 Å². The molecule has 1 aromatic carbocycles. The normalized spacial score (nSPS) is 12.6. The van der Waals surface area contributed by atoms with Crippen molar-refractivity contribution in [3.05, 3.63) is 35.4 Å². The number of hydrogen-bond donors (Lipinski definition) is 1. The Bertz CT molecular complexity index is 306. The Morgan fingerprint density at radius 2 is 2.06 bits per heavy atom. The maximum absolute atomic E-state index is 3.60. The van der Waals surface area contributed by atoms with Crippen LogP contribution < -0.4 is 5.32 Å². The van der Waals surface area contributed by atoms with Crippen LogP contribution in [0, 0.1) is 6.92 Å². The number of hydrogen-bond acceptors (Lipinski definition) is 1. The molecule has 0 bridgehead atoms. The van der Waals surface area contributed by atoms with Crippen molar-refractivity contribution in [3.63, 3.8) is 0 Å². The van der Waals surface area contributed by atoms with E-state index in [1.165, 1.54) is 49.8 Å². The van der Waals surface area contributed by atoms with Crippen LogP contribution in [0.1, 0.15) is 50.7 Å². The van der Waals surface area contributed by atoms with Gasteiger partial charge in [0.25, 0.3) is 0 Å². The van der Waals surface area contributed by atoms with E-state index in [2.05, 4.69) is 50.4 Å². The molecule has 0 aliphatic heterocycles. The fourth-order valence-corrected chi connectivity index (χ4v) is 2.08. The second kappa shape index (κ2) is 8.30. The maximum atomic E-state index is 3.60. The van der Waals surface area contributed by atoms with E-state index in [0.717, 1.165) is 0 Å². The lowest BCUT2D eigenvalue weighted by atomic mass is 10.0. The van der Waals surface area contributed by atoms with Crippen molar-refractivity contribution in [2.45, 2.75) is 58.9 Å². The number of rotatable bonds is 8. The zero-order valence-corrected chi connectivity index (χ0v) is 11.6. The van der Waals surface area contributed by atoms with Gasteiger partial charge < -0.3 is 5.32 Å². The van der Waals surface area contributed by atoms with Gasteiger partial charge in [0, 0.05) is 6.04 Å². The summed E-state index contributed by atoms with van der Waals surface area (Å²) >= 11 is 0. The Kier molecular flexibility index (Phi) is 6.95. The minimum Gasteiger partial charge on any atom is -0.314 e. The first-order chi connectivity index (χ1) is 8.22. The van der Waals surface area contributed by atoms with Gasteiger partial charge in [0.15, 0.2) is 0 Å². The molecule has 0 radical (unpaired) electrons. The largest absolute Gasteiger partial charge is 0.314 e. The van der Waals surface area contributed by atoms with Gasteiger partial charge in [-0.05, 0) is 45.2 Å². The van der Waals surface area contributed by atoms with E-state index in [0.29, 0.717) is 6.04 Å². The van der Waals surface area contributed by atoms with Gasteiger partial charge in [-0.25, -0.2) is 0 Å². The molecule has 17 heavy (non-hydrogen) atoms. The van der Waals surface area contributed by atoms with Crippen molar-refractivity contribution in [2.24, 2.45) is 0 Å². The summed E-state index contributed by atoms with van der Waals surface area (Å²) in [5, 5.41) is 3.60. The molecule has 1 nitrogen and oxygen atoms in total. The third-order valence-corrected chi connectivity index (χ3v) is 3.22. The van der Waals surface area contributed by atoms with Gasteiger partial charge in [0.2, 0.25) is 0 Å². The Hall–Kier alpha value is -0.820. The molecule has 0 heterocycles. The van der Waals surface area contributed by atoms with Gasteiger partial charge >= 0.3 is 0 Å². The molecule has 0 saturated heterocycles. The number of unbranched alkanes of at least 4 members (excludes halogenated alkanes) is 2. The average molecular weight is 233 g/mol. The zero-order chi connectivity index (χ0) is 12.5. The average Bonchev–Trinajstić information content (AvgIpc) is 2.32. The monoisotopic (exact) mass is 233 g/mol. The zero-order valence-electron chi connectivity index (χ0n) is 11.6. The summed E-state index contributed by atoms with van der Waals surface area (Å²) in [6.45, 7) is 7.88. The topological polar surface area (TPSA) is 12.0 Å². The van der Waals surface area contributed by atoms with Crippen molar-refractivity contribution < 1.29 is 0 Å². The molecule has 1 unspecified atom stereocenters. The number of nitrogens with one attached hydrogen (secondary N) is 1. The number of benzene rings is 1. The van der Waals surface area contributed by atoms with Crippen LogP contribution in [-0.2, 0) is 6.42 Å². The highest BCUT2D eigenvalue weighted by Crippen LogP contribution is 2.08. The van der Waals surface area contributed by atoms with Crippen LogP contribution >= 0.6 is 0 Å². The van der Waals surface area contributed by atoms with Gasteiger partial charge in [-0.1, -0.05) is 49.6 Å². The Morgan fingerprint density at radius 3 is 2.76 bits per heavy atom. The number of aryl methyl sites for hydroxylation is 2. The highest BCUT2D eigenvalue weighted by molar-refractivity contribution is 5.22. The molecule has 1 heteroatoms. The summed E-state index contributed by atoms with van der Waals surface area (Å²) < 4.78 is 0. The Labute approximate surface area is 107 Å². The molecular formula is C16H27N. The molecule has 0 aliphatic carbocycles. The van der Waals surface area contributed by atoms with Crippen LogP contribution in [0.3, 0.4) is 0 Å². The summed E-state index contributed by atoms with van der Waals surface area (Å²) in [5.41, 5.74) is 2.83. The SMILES string of the molecule is CCCCCNC(C)CCc1cccc(C)c1. The molecule has 0 amide bonds. The lowest BCUT2D eigenvalue weighted by molar-refractivity contribution is 0.498. The third-order valence-electron chi connectivity index (χ3n) is 3.22. The predicted molar refractivity (Wildman–Crippen MR) is 76.5 cm³/mol. The van der Waals surface area contributed by atoms with Crippen molar-refractivity contribution in [3.8, 4) is 0 Å². The van der Waals surface area contributed by atoms with Gasteiger partial charge in [0.1, 0.15) is 0 Å². The van der Waals surface area contributed by atoms with E-state index in [1.54, 1.807) is 0 Å². The van der Waals surface area contributed by atoms with Gasteiger partial charge in [-0.3, -0.25) is 0 Å². The van der Waals surface area contributed by atoms with Crippen LogP contribution in [0.2, 0.25) is 0 Å². The molecule has 0 saturated carbocycles.